The first-order chi connectivity index (χ1) is 21.9. The van der Waals surface area contributed by atoms with Gasteiger partial charge in [0.05, 0.1) is 17.3 Å². The fourth-order valence-electron chi connectivity index (χ4n) is 6.38. The van der Waals surface area contributed by atoms with Gasteiger partial charge in [-0.2, -0.15) is 13.2 Å². The number of aromatic amines is 1. The number of benzene rings is 2. The molecule has 1 saturated heterocycles. The molecule has 0 unspecified atom stereocenters. The van der Waals surface area contributed by atoms with Crippen LogP contribution in [0.3, 0.4) is 0 Å². The van der Waals surface area contributed by atoms with E-state index in [0.717, 1.165) is 86.4 Å². The number of rotatable bonds is 7. The number of carbonyl (C=O) groups excluding carboxylic acids is 1. The van der Waals surface area contributed by atoms with Crippen molar-refractivity contribution in [3.8, 4) is 11.5 Å². The lowest BCUT2D eigenvalue weighted by Crippen LogP contribution is -2.47. The van der Waals surface area contributed by atoms with Crippen LogP contribution in [0.5, 0.6) is 11.5 Å². The highest BCUT2D eigenvalue weighted by Gasteiger charge is 2.33. The Balaban J connectivity index is 1.19. The lowest BCUT2D eigenvalue weighted by molar-refractivity contribution is -0.137. The smallest absolute Gasteiger partial charge is 0.416 e. The highest BCUT2D eigenvalue weighted by molar-refractivity contribution is 6.32. The number of fused-ring (bicyclic) bond motifs is 1. The average Bonchev–Trinajstić information content (AvgIpc) is 3.49. The SMILES string of the molecule is CNC(=O)c1ccc(N2CCN(CC3=C(c4ccc(C(F)(F)F)cc4Cl)CC(C)(C)CC3)CC2)cc1Oc1cnc2[nH]ccc2c1. The largest absolute Gasteiger partial charge is 0.455 e. The first-order valence-corrected chi connectivity index (χ1v) is 15.8. The molecule has 1 aliphatic carbocycles. The topological polar surface area (TPSA) is 73.5 Å². The van der Waals surface area contributed by atoms with Crippen molar-refractivity contribution in [3.63, 3.8) is 0 Å². The molecule has 6 rings (SSSR count). The van der Waals surface area contributed by atoms with Gasteiger partial charge in [0.1, 0.15) is 17.1 Å². The Labute approximate surface area is 271 Å². The number of alkyl halides is 3. The monoisotopic (exact) mass is 651 g/mol. The maximum atomic E-state index is 13.3. The lowest BCUT2D eigenvalue weighted by atomic mass is 9.72. The van der Waals surface area contributed by atoms with Crippen LogP contribution >= 0.6 is 11.6 Å². The summed E-state index contributed by atoms with van der Waals surface area (Å²) in [4.78, 5) is 24.8. The molecule has 0 saturated carbocycles. The van der Waals surface area contributed by atoms with Crippen LogP contribution < -0.4 is 15.0 Å². The second-order valence-corrected chi connectivity index (χ2v) is 13.2. The zero-order valence-corrected chi connectivity index (χ0v) is 26.9. The Morgan fingerprint density at radius 3 is 2.59 bits per heavy atom. The van der Waals surface area contributed by atoms with Gasteiger partial charge in [-0.25, -0.2) is 4.98 Å². The maximum absolute atomic E-state index is 13.3. The van der Waals surface area contributed by atoms with Crippen molar-refractivity contribution in [2.45, 2.75) is 39.3 Å². The molecule has 2 aromatic carbocycles. The van der Waals surface area contributed by atoms with Crippen LogP contribution in [0.15, 0.2) is 66.5 Å². The van der Waals surface area contributed by atoms with Gasteiger partial charge in [0.2, 0.25) is 0 Å². The van der Waals surface area contributed by atoms with Gasteiger partial charge >= 0.3 is 6.18 Å². The van der Waals surface area contributed by atoms with E-state index in [1.807, 2.05) is 30.5 Å². The van der Waals surface area contributed by atoms with Crippen LogP contribution in [0.1, 0.15) is 54.6 Å². The summed E-state index contributed by atoms with van der Waals surface area (Å²) in [6, 6.07) is 13.1. The quantitative estimate of drug-likeness (QED) is 0.211. The van der Waals surface area contributed by atoms with Crippen molar-refractivity contribution < 1.29 is 22.7 Å². The van der Waals surface area contributed by atoms with Crippen molar-refractivity contribution in [2.24, 2.45) is 5.41 Å². The molecule has 2 aliphatic rings. The normalized spacial score (nSPS) is 17.4. The maximum Gasteiger partial charge on any atom is 0.416 e. The van der Waals surface area contributed by atoms with E-state index in [2.05, 4.69) is 38.9 Å². The van der Waals surface area contributed by atoms with Crippen molar-refractivity contribution in [1.82, 2.24) is 20.2 Å². The first-order valence-electron chi connectivity index (χ1n) is 15.4. The Hall–Kier alpha value is -4.02. The number of nitrogens with one attached hydrogen (secondary N) is 2. The number of halogens is 4. The predicted molar refractivity (Wildman–Crippen MR) is 176 cm³/mol. The molecule has 2 aromatic heterocycles. The van der Waals surface area contributed by atoms with E-state index in [-0.39, 0.29) is 16.3 Å². The summed E-state index contributed by atoms with van der Waals surface area (Å²) in [6.45, 7) is 8.29. The summed E-state index contributed by atoms with van der Waals surface area (Å²) < 4.78 is 46.2. The number of allylic oxidation sites excluding steroid dienone is 1. The van der Waals surface area contributed by atoms with Crippen molar-refractivity contribution in [1.29, 1.82) is 0 Å². The molecule has 4 aromatic rings. The van der Waals surface area contributed by atoms with Gasteiger partial charge < -0.3 is 19.9 Å². The van der Waals surface area contributed by atoms with Crippen LogP contribution in [0.25, 0.3) is 16.6 Å². The van der Waals surface area contributed by atoms with Crippen molar-refractivity contribution in [3.05, 3.63) is 88.2 Å². The molecule has 0 bridgehead atoms. The molecule has 1 aliphatic heterocycles. The minimum Gasteiger partial charge on any atom is -0.455 e. The Kier molecular flexibility index (Phi) is 8.78. The molecule has 7 nitrogen and oxygen atoms in total. The summed E-state index contributed by atoms with van der Waals surface area (Å²) in [5.41, 5.74) is 4.45. The molecule has 2 N–H and O–H groups in total. The first kappa shape index (κ1) is 31.9. The molecule has 11 heteroatoms. The summed E-state index contributed by atoms with van der Waals surface area (Å²) in [5, 5.41) is 3.74. The van der Waals surface area contributed by atoms with E-state index >= 15 is 0 Å². The number of hydrogen-bond acceptors (Lipinski definition) is 5. The Morgan fingerprint density at radius 2 is 1.87 bits per heavy atom. The number of anilines is 1. The van der Waals surface area contributed by atoms with E-state index < -0.39 is 11.7 Å². The zero-order chi connectivity index (χ0) is 32.6. The van der Waals surface area contributed by atoms with Gasteiger partial charge in [-0.15, -0.1) is 0 Å². The third-order valence-corrected chi connectivity index (χ3v) is 9.31. The number of piperazine rings is 1. The van der Waals surface area contributed by atoms with Gasteiger partial charge in [0.25, 0.3) is 5.91 Å². The predicted octanol–water partition coefficient (Wildman–Crippen LogP) is 8.17. The van der Waals surface area contributed by atoms with Crippen molar-refractivity contribution in [2.75, 3.05) is 44.7 Å². The molecule has 0 spiro atoms. The van der Waals surface area contributed by atoms with E-state index in [0.29, 0.717) is 22.6 Å². The van der Waals surface area contributed by atoms with E-state index in [1.165, 1.54) is 11.6 Å². The number of ether oxygens (including phenoxy) is 1. The van der Waals surface area contributed by atoms with E-state index in [9.17, 15) is 18.0 Å². The zero-order valence-electron chi connectivity index (χ0n) is 26.1. The van der Waals surface area contributed by atoms with Crippen LogP contribution in [0, 0.1) is 5.41 Å². The number of hydrogen-bond donors (Lipinski definition) is 2. The standard InChI is InChI=1S/C35H37ClF3N5O2/c1-34(2)10-8-23(29(19-34)27-6-4-24(17-30(27)36)35(37,38)39)21-43-12-14-44(15-13-43)25-5-7-28(33(45)40-3)31(18-25)46-26-16-22-9-11-41-32(22)42-20-26/h4-7,9,11,16-18,20H,8,10,12-15,19,21H2,1-3H3,(H,40,45)(H,41,42). The highest BCUT2D eigenvalue weighted by Crippen LogP contribution is 2.45. The highest BCUT2D eigenvalue weighted by atomic mass is 35.5. The van der Waals surface area contributed by atoms with Crippen LogP contribution in [-0.4, -0.2) is 60.5 Å². The summed E-state index contributed by atoms with van der Waals surface area (Å²) in [5.74, 6) is 0.742. The lowest BCUT2D eigenvalue weighted by Gasteiger charge is -2.39. The minimum absolute atomic E-state index is 0.0353. The van der Waals surface area contributed by atoms with Gasteiger partial charge in [-0.05, 0) is 72.2 Å². The molecule has 1 fully saturated rings. The average molecular weight is 652 g/mol. The molecule has 46 heavy (non-hydrogen) atoms. The Bertz CT molecular complexity index is 1790. The summed E-state index contributed by atoms with van der Waals surface area (Å²) >= 11 is 6.49. The van der Waals surface area contributed by atoms with E-state index in [1.54, 1.807) is 19.3 Å². The number of carbonyl (C=O) groups is 1. The fraction of sp³-hybridized carbons (Fsp3) is 0.371. The third kappa shape index (κ3) is 6.88. The van der Waals surface area contributed by atoms with Gasteiger partial charge in [-0.3, -0.25) is 9.69 Å². The Morgan fingerprint density at radius 1 is 1.09 bits per heavy atom. The minimum atomic E-state index is -4.44. The molecule has 0 radical (unpaired) electrons. The van der Waals surface area contributed by atoms with Crippen molar-refractivity contribution >= 4 is 39.8 Å². The third-order valence-electron chi connectivity index (χ3n) is 9.00. The molecular weight excluding hydrogens is 615 g/mol. The van der Waals surface area contributed by atoms with Crippen LogP contribution in [0.4, 0.5) is 18.9 Å². The number of H-pyrrole nitrogens is 1. The van der Waals surface area contributed by atoms with Crippen LogP contribution in [-0.2, 0) is 6.18 Å². The second kappa shape index (κ2) is 12.6. The molecule has 0 atom stereocenters. The molecule has 3 heterocycles. The fourth-order valence-corrected chi connectivity index (χ4v) is 6.67. The van der Waals surface area contributed by atoms with Crippen LogP contribution in [0.2, 0.25) is 5.02 Å². The number of amides is 1. The molecular formula is C35H37ClF3N5O2. The van der Waals surface area contributed by atoms with Gasteiger partial charge in [0.15, 0.2) is 0 Å². The molecule has 242 valence electrons. The summed E-state index contributed by atoms with van der Waals surface area (Å²) in [7, 11) is 1.59. The number of pyridine rings is 1. The summed E-state index contributed by atoms with van der Waals surface area (Å²) in [6.07, 6.45) is 1.66. The van der Waals surface area contributed by atoms with E-state index in [4.69, 9.17) is 16.3 Å². The molecule has 1 amide bonds. The van der Waals surface area contributed by atoms with Gasteiger partial charge in [-0.1, -0.05) is 37.1 Å². The number of nitrogens with zero attached hydrogens (tertiary/aromatic N) is 3. The van der Waals surface area contributed by atoms with Gasteiger partial charge in [0, 0.05) is 68.1 Å². The second-order valence-electron chi connectivity index (χ2n) is 12.8. The number of aromatic nitrogens is 2.